The number of nitrogens with one attached hydrogen (secondary N) is 1. The summed E-state index contributed by atoms with van der Waals surface area (Å²) >= 11 is 0. The SMILES string of the molecule is COc1cc(OC2C(C)(C)C(NC(=O)c3ccc(N4CCC(OC5CCC(O)CC5)CC4)cc3)C2(C)C)ccc1C#N. The van der Waals surface area contributed by atoms with Crippen LogP contribution in [0, 0.1) is 22.2 Å². The molecule has 1 saturated heterocycles. The van der Waals surface area contributed by atoms with Crippen molar-refractivity contribution in [2.24, 2.45) is 10.8 Å². The van der Waals surface area contributed by atoms with Gasteiger partial charge in [0.25, 0.3) is 5.91 Å². The van der Waals surface area contributed by atoms with Gasteiger partial charge in [-0.25, -0.2) is 0 Å². The van der Waals surface area contributed by atoms with Gasteiger partial charge < -0.3 is 29.5 Å². The number of aliphatic hydroxyl groups is 1. The number of aliphatic hydroxyl groups excluding tert-OH is 1. The van der Waals surface area contributed by atoms with Gasteiger partial charge in [-0.2, -0.15) is 5.26 Å². The molecule has 3 aliphatic rings. The summed E-state index contributed by atoms with van der Waals surface area (Å²) < 4.78 is 18.1. The summed E-state index contributed by atoms with van der Waals surface area (Å²) in [6.45, 7) is 10.3. The number of carbonyl (C=O) groups excluding carboxylic acids is 1. The lowest BCUT2D eigenvalue weighted by molar-refractivity contribution is -0.164. The van der Waals surface area contributed by atoms with Crippen LogP contribution in [0.15, 0.2) is 42.5 Å². The highest BCUT2D eigenvalue weighted by molar-refractivity contribution is 5.95. The largest absolute Gasteiger partial charge is 0.495 e. The third-order valence-corrected chi connectivity index (χ3v) is 9.63. The van der Waals surface area contributed by atoms with Crippen LogP contribution in [0.1, 0.15) is 82.1 Å². The number of nitrogens with zero attached hydrogens (tertiary/aromatic N) is 2. The van der Waals surface area contributed by atoms with Gasteiger partial charge in [0.15, 0.2) is 0 Å². The molecule has 2 saturated carbocycles. The maximum atomic E-state index is 13.3. The molecule has 3 fully saturated rings. The molecule has 0 unspecified atom stereocenters. The Morgan fingerprint density at radius 1 is 0.952 bits per heavy atom. The summed E-state index contributed by atoms with van der Waals surface area (Å²) in [5.74, 6) is 1.04. The molecule has 0 bridgehead atoms. The average Bonchev–Trinajstić information content (AvgIpc) is 2.99. The van der Waals surface area contributed by atoms with Crippen molar-refractivity contribution in [1.29, 1.82) is 5.26 Å². The number of benzene rings is 2. The van der Waals surface area contributed by atoms with E-state index in [1.54, 1.807) is 25.3 Å². The molecule has 2 N–H and O–H groups in total. The van der Waals surface area contributed by atoms with Crippen LogP contribution in [0.5, 0.6) is 11.5 Å². The maximum Gasteiger partial charge on any atom is 0.251 e. The molecule has 8 heteroatoms. The van der Waals surface area contributed by atoms with Gasteiger partial charge in [-0.05, 0) is 74.9 Å². The molecule has 8 nitrogen and oxygen atoms in total. The number of nitriles is 1. The number of anilines is 1. The monoisotopic (exact) mass is 575 g/mol. The van der Waals surface area contributed by atoms with Gasteiger partial charge in [0.05, 0.1) is 31.0 Å². The van der Waals surface area contributed by atoms with E-state index in [2.05, 4.69) is 44.0 Å². The van der Waals surface area contributed by atoms with Gasteiger partial charge in [-0.3, -0.25) is 4.79 Å². The number of amides is 1. The van der Waals surface area contributed by atoms with E-state index in [1.807, 2.05) is 24.3 Å². The zero-order chi connectivity index (χ0) is 30.1. The molecular weight excluding hydrogens is 530 g/mol. The first-order valence-electron chi connectivity index (χ1n) is 15.3. The molecule has 0 radical (unpaired) electrons. The molecule has 42 heavy (non-hydrogen) atoms. The zero-order valence-electron chi connectivity index (χ0n) is 25.6. The smallest absolute Gasteiger partial charge is 0.251 e. The van der Waals surface area contributed by atoms with Gasteiger partial charge in [0, 0.05) is 47.3 Å². The van der Waals surface area contributed by atoms with E-state index in [0.29, 0.717) is 22.6 Å². The molecule has 0 aromatic heterocycles. The molecule has 0 spiro atoms. The van der Waals surface area contributed by atoms with Crippen LogP contribution in [-0.2, 0) is 4.74 Å². The van der Waals surface area contributed by atoms with Gasteiger partial charge in [0.2, 0.25) is 0 Å². The summed E-state index contributed by atoms with van der Waals surface area (Å²) in [5, 5.41) is 22.3. The fourth-order valence-electron chi connectivity index (χ4n) is 7.51. The van der Waals surface area contributed by atoms with Gasteiger partial charge in [0.1, 0.15) is 23.7 Å². The van der Waals surface area contributed by atoms with E-state index in [-0.39, 0.29) is 47.2 Å². The topological polar surface area (TPSA) is 104 Å². The molecule has 0 atom stereocenters. The second-order valence-corrected chi connectivity index (χ2v) is 13.3. The van der Waals surface area contributed by atoms with Crippen LogP contribution in [0.3, 0.4) is 0 Å². The number of methoxy groups -OCH3 is 1. The Morgan fingerprint density at radius 3 is 2.17 bits per heavy atom. The van der Waals surface area contributed by atoms with Crippen LogP contribution in [0.2, 0.25) is 0 Å². The maximum absolute atomic E-state index is 13.3. The Labute approximate surface area is 249 Å². The van der Waals surface area contributed by atoms with Crippen molar-refractivity contribution < 1.29 is 24.1 Å². The van der Waals surface area contributed by atoms with E-state index < -0.39 is 0 Å². The van der Waals surface area contributed by atoms with E-state index >= 15 is 0 Å². The molecule has 2 aromatic carbocycles. The first-order valence-corrected chi connectivity index (χ1v) is 15.3. The third kappa shape index (κ3) is 6.09. The predicted octanol–water partition coefficient (Wildman–Crippen LogP) is 5.47. The van der Waals surface area contributed by atoms with E-state index in [0.717, 1.165) is 57.3 Å². The van der Waals surface area contributed by atoms with Crippen molar-refractivity contribution in [2.75, 3.05) is 25.1 Å². The molecule has 1 heterocycles. The third-order valence-electron chi connectivity index (χ3n) is 9.63. The Kier molecular flexibility index (Phi) is 8.73. The van der Waals surface area contributed by atoms with Gasteiger partial charge >= 0.3 is 0 Å². The summed E-state index contributed by atoms with van der Waals surface area (Å²) in [4.78, 5) is 15.7. The van der Waals surface area contributed by atoms with Crippen molar-refractivity contribution >= 4 is 11.6 Å². The molecule has 2 aromatic rings. The van der Waals surface area contributed by atoms with Crippen molar-refractivity contribution in [3.8, 4) is 17.6 Å². The molecule has 5 rings (SSSR count). The number of hydrogen-bond acceptors (Lipinski definition) is 7. The highest BCUT2D eigenvalue weighted by atomic mass is 16.5. The summed E-state index contributed by atoms with van der Waals surface area (Å²) in [6.07, 6.45) is 5.87. The standard InChI is InChI=1S/C34H45N3O5/c1-33(2)31(34(3,4)32(33)42-28-13-8-23(21-35)29(20-28)40-5)36-30(39)22-6-9-24(10-7-22)37-18-16-27(17-19-37)41-26-14-11-25(38)12-15-26/h6-10,13,20,25-27,31-32,38H,11-12,14-19H2,1-5H3,(H,36,39). The Balaban J connectivity index is 1.14. The Bertz CT molecular complexity index is 1270. The van der Waals surface area contributed by atoms with Crippen molar-refractivity contribution in [2.45, 2.75) is 96.7 Å². The van der Waals surface area contributed by atoms with E-state index in [9.17, 15) is 15.2 Å². The van der Waals surface area contributed by atoms with Crippen LogP contribution >= 0.6 is 0 Å². The number of rotatable bonds is 8. The van der Waals surface area contributed by atoms with Crippen LogP contribution in [-0.4, -0.2) is 61.7 Å². The zero-order valence-corrected chi connectivity index (χ0v) is 25.6. The number of piperidine rings is 1. The molecule has 2 aliphatic carbocycles. The predicted molar refractivity (Wildman–Crippen MR) is 162 cm³/mol. The minimum absolute atomic E-state index is 0.0871. The van der Waals surface area contributed by atoms with Gasteiger partial charge in [-0.15, -0.1) is 0 Å². The fraction of sp³-hybridized carbons (Fsp3) is 0.588. The second kappa shape index (κ2) is 12.1. The number of carbonyl (C=O) groups is 1. The summed E-state index contributed by atoms with van der Waals surface area (Å²) in [6, 6.07) is 15.2. The minimum atomic E-state index is -0.315. The Morgan fingerprint density at radius 2 is 1.57 bits per heavy atom. The molecule has 1 aliphatic heterocycles. The average molecular weight is 576 g/mol. The van der Waals surface area contributed by atoms with E-state index in [1.165, 1.54) is 0 Å². The van der Waals surface area contributed by atoms with Gasteiger partial charge in [-0.1, -0.05) is 27.7 Å². The van der Waals surface area contributed by atoms with Crippen LogP contribution in [0.25, 0.3) is 0 Å². The lowest BCUT2D eigenvalue weighted by Gasteiger charge is -2.63. The summed E-state index contributed by atoms with van der Waals surface area (Å²) in [5.41, 5.74) is 1.60. The lowest BCUT2D eigenvalue weighted by Crippen LogP contribution is -2.74. The van der Waals surface area contributed by atoms with Crippen molar-refractivity contribution in [3.05, 3.63) is 53.6 Å². The molecule has 226 valence electrons. The van der Waals surface area contributed by atoms with Crippen molar-refractivity contribution in [1.82, 2.24) is 5.32 Å². The second-order valence-electron chi connectivity index (χ2n) is 13.3. The lowest BCUT2D eigenvalue weighted by atomic mass is 9.49. The number of hydrogen-bond donors (Lipinski definition) is 2. The highest BCUT2D eigenvalue weighted by Crippen LogP contribution is 2.55. The van der Waals surface area contributed by atoms with E-state index in [4.69, 9.17) is 14.2 Å². The van der Waals surface area contributed by atoms with Crippen LogP contribution in [0.4, 0.5) is 5.69 Å². The first kappa shape index (κ1) is 30.2. The Hall–Kier alpha value is -3.28. The molecule has 1 amide bonds. The molecular formula is C34H45N3O5. The fourth-order valence-corrected chi connectivity index (χ4v) is 7.51. The normalized spacial score (nSPS) is 26.9. The summed E-state index contributed by atoms with van der Waals surface area (Å²) in [7, 11) is 1.54. The van der Waals surface area contributed by atoms with Crippen LogP contribution < -0.4 is 19.7 Å². The minimum Gasteiger partial charge on any atom is -0.495 e. The first-order chi connectivity index (χ1) is 20.0. The van der Waals surface area contributed by atoms with Crippen molar-refractivity contribution in [3.63, 3.8) is 0 Å². The quantitative estimate of drug-likeness (QED) is 0.430. The highest BCUT2D eigenvalue weighted by Gasteiger charge is 2.64. The number of ether oxygens (including phenoxy) is 3.